The van der Waals surface area contributed by atoms with E-state index in [9.17, 15) is 4.57 Å². The van der Waals surface area contributed by atoms with Gasteiger partial charge in [-0.25, -0.2) is 0 Å². The van der Waals surface area contributed by atoms with E-state index in [1.807, 2.05) is 84.9 Å². The first-order valence-corrected chi connectivity index (χ1v) is 11.8. The van der Waals surface area contributed by atoms with Gasteiger partial charge in [0.2, 0.25) is 0 Å². The summed E-state index contributed by atoms with van der Waals surface area (Å²) in [5.74, 6) is 2.16. The summed E-state index contributed by atoms with van der Waals surface area (Å²) in [7, 11) is -2.79. The minimum absolute atomic E-state index is 0.00971. The van der Waals surface area contributed by atoms with Crippen LogP contribution in [0.1, 0.15) is 48.5 Å². The van der Waals surface area contributed by atoms with Crippen LogP contribution in [0, 0.1) is 0 Å². The Morgan fingerprint density at radius 2 is 1.46 bits per heavy atom. The second-order valence-corrected chi connectivity index (χ2v) is 12.3. The van der Waals surface area contributed by atoms with Gasteiger partial charge in [0, 0.05) is 10.7 Å². The van der Waals surface area contributed by atoms with Crippen molar-refractivity contribution in [2.24, 2.45) is 0 Å². The molecule has 1 atom stereocenters. The highest BCUT2D eigenvalue weighted by molar-refractivity contribution is 7.73. The molecular weight excluding hydrogens is 371 g/mol. The van der Waals surface area contributed by atoms with Crippen LogP contribution >= 0.6 is 7.14 Å². The quantitative estimate of drug-likeness (QED) is 0.570. The highest BCUT2D eigenvalue weighted by Gasteiger charge is 2.47. The zero-order chi connectivity index (χ0) is 20.7. The van der Waals surface area contributed by atoms with Gasteiger partial charge in [-0.2, -0.15) is 0 Å². The molecular formula is C23H31O4P. The van der Waals surface area contributed by atoms with Crippen LogP contribution in [-0.4, -0.2) is 23.7 Å². The Morgan fingerprint density at radius 3 is 1.96 bits per heavy atom. The lowest BCUT2D eigenvalue weighted by Crippen LogP contribution is -2.23. The van der Waals surface area contributed by atoms with Crippen molar-refractivity contribution in [2.75, 3.05) is 6.35 Å². The first kappa shape index (κ1) is 20.8. The number of ether oxygens (including phenoxy) is 3. The molecule has 0 radical (unpaired) electrons. The maximum atomic E-state index is 14.1. The molecule has 1 aliphatic rings. The fourth-order valence-corrected chi connectivity index (χ4v) is 6.03. The van der Waals surface area contributed by atoms with Gasteiger partial charge in [0.1, 0.15) is 23.6 Å². The molecule has 1 unspecified atom stereocenters. The highest BCUT2D eigenvalue weighted by atomic mass is 31.2. The van der Waals surface area contributed by atoms with Crippen LogP contribution in [0.3, 0.4) is 0 Å². The lowest BCUT2D eigenvalue weighted by Gasteiger charge is -2.28. The summed E-state index contributed by atoms with van der Waals surface area (Å²) >= 11 is 0. The summed E-state index contributed by atoms with van der Waals surface area (Å²) in [6, 6.07) is 11.7. The normalized spacial score (nSPS) is 18.9. The molecule has 2 aromatic carbocycles. The zero-order valence-electron chi connectivity index (χ0n) is 17.9. The predicted octanol–water partition coefficient (Wildman–Crippen LogP) is 6.06. The highest BCUT2D eigenvalue weighted by Crippen LogP contribution is 2.63. The molecule has 0 aliphatic carbocycles. The van der Waals surface area contributed by atoms with Gasteiger partial charge in [0.05, 0.1) is 23.1 Å². The van der Waals surface area contributed by atoms with Gasteiger partial charge < -0.3 is 18.8 Å². The summed E-state index contributed by atoms with van der Waals surface area (Å²) in [6.07, 6.45) is 0.252. The zero-order valence-corrected chi connectivity index (χ0v) is 18.8. The second kappa shape index (κ2) is 7.48. The largest absolute Gasteiger partial charge is 0.490 e. The maximum Gasteiger partial charge on any atom is 0.160 e. The molecule has 3 rings (SSSR count). The minimum atomic E-state index is -2.79. The molecule has 0 spiro atoms. The van der Waals surface area contributed by atoms with Crippen molar-refractivity contribution in [3.63, 3.8) is 0 Å². The molecule has 0 fully saturated rings. The van der Waals surface area contributed by atoms with E-state index in [1.54, 1.807) is 0 Å². The van der Waals surface area contributed by atoms with Crippen molar-refractivity contribution in [3.8, 4) is 28.4 Å². The van der Waals surface area contributed by atoms with E-state index in [1.165, 1.54) is 0 Å². The first-order valence-electron chi connectivity index (χ1n) is 9.87. The average Bonchev–Trinajstić information content (AvgIpc) is 2.93. The molecule has 2 aromatic rings. The standard InChI is InChI=1S/C23H31O4P/c1-15(2)26-18-11-9-12-19(27-16(3)4)21(18)17-10-8-13-20-22(17)28(24,14-25-20)23(5,6)7/h8-13,15-16H,14H2,1-7H3. The van der Waals surface area contributed by atoms with Crippen LogP contribution in [0.15, 0.2) is 36.4 Å². The molecule has 1 aliphatic heterocycles. The van der Waals surface area contributed by atoms with E-state index < -0.39 is 12.3 Å². The van der Waals surface area contributed by atoms with E-state index in [0.717, 1.165) is 27.9 Å². The van der Waals surface area contributed by atoms with Crippen LogP contribution < -0.4 is 19.5 Å². The Hall–Kier alpha value is -1.93. The number of rotatable bonds is 5. The third-order valence-corrected chi connectivity index (χ3v) is 8.67. The van der Waals surface area contributed by atoms with Crippen molar-refractivity contribution in [1.29, 1.82) is 0 Å². The van der Waals surface area contributed by atoms with Crippen molar-refractivity contribution in [3.05, 3.63) is 36.4 Å². The molecule has 5 heteroatoms. The average molecular weight is 402 g/mol. The first-order chi connectivity index (χ1) is 13.0. The summed E-state index contributed by atoms with van der Waals surface area (Å²) in [6.45, 7) is 14.1. The van der Waals surface area contributed by atoms with Crippen molar-refractivity contribution in [2.45, 2.75) is 65.8 Å². The fourth-order valence-electron chi connectivity index (χ4n) is 3.45. The molecule has 0 N–H and O–H groups in total. The van der Waals surface area contributed by atoms with E-state index >= 15 is 0 Å². The monoisotopic (exact) mass is 402 g/mol. The van der Waals surface area contributed by atoms with Crippen LogP contribution in [0.25, 0.3) is 11.1 Å². The Morgan fingerprint density at radius 1 is 0.929 bits per heavy atom. The minimum Gasteiger partial charge on any atom is -0.490 e. The van der Waals surface area contributed by atoms with Gasteiger partial charge in [0.15, 0.2) is 7.14 Å². The molecule has 28 heavy (non-hydrogen) atoms. The number of hydrogen-bond acceptors (Lipinski definition) is 4. The second-order valence-electron chi connectivity index (χ2n) is 8.80. The molecule has 4 nitrogen and oxygen atoms in total. The molecule has 0 bridgehead atoms. The van der Waals surface area contributed by atoms with Crippen molar-refractivity contribution in [1.82, 2.24) is 0 Å². The molecule has 1 heterocycles. The Bertz CT molecular complexity index is 881. The Balaban J connectivity index is 2.31. The SMILES string of the molecule is CC(C)Oc1cccc(OC(C)C)c1-c1cccc2c1P(=O)(C(C)(C)C)CO2. The van der Waals surface area contributed by atoms with Crippen molar-refractivity contribution >= 4 is 12.4 Å². The van der Waals surface area contributed by atoms with Crippen LogP contribution in [0.2, 0.25) is 0 Å². The number of hydrogen-bond donors (Lipinski definition) is 0. The van der Waals surface area contributed by atoms with E-state index in [0.29, 0.717) is 5.75 Å². The van der Waals surface area contributed by atoms with Gasteiger partial charge in [-0.05, 0) is 45.9 Å². The van der Waals surface area contributed by atoms with Gasteiger partial charge in [0.25, 0.3) is 0 Å². The lowest BCUT2D eigenvalue weighted by atomic mass is 10.0. The predicted molar refractivity (Wildman–Crippen MR) is 116 cm³/mol. The summed E-state index contributed by atoms with van der Waals surface area (Å²) in [5, 5.41) is 0.400. The van der Waals surface area contributed by atoms with Gasteiger partial charge >= 0.3 is 0 Å². The molecule has 152 valence electrons. The lowest BCUT2D eigenvalue weighted by molar-refractivity contribution is 0.231. The van der Waals surface area contributed by atoms with Crippen LogP contribution in [0.5, 0.6) is 17.2 Å². The smallest absolute Gasteiger partial charge is 0.160 e. The van der Waals surface area contributed by atoms with Gasteiger partial charge in [-0.3, -0.25) is 0 Å². The third-order valence-electron chi connectivity index (χ3n) is 4.83. The van der Waals surface area contributed by atoms with Crippen LogP contribution in [-0.2, 0) is 4.57 Å². The fraction of sp³-hybridized carbons (Fsp3) is 0.478. The van der Waals surface area contributed by atoms with Gasteiger partial charge in [-0.15, -0.1) is 0 Å². The summed E-state index contributed by atoms with van der Waals surface area (Å²) in [4.78, 5) is 0. The number of fused-ring (bicyclic) bond motifs is 1. The molecule has 0 saturated carbocycles. The summed E-state index contributed by atoms with van der Waals surface area (Å²) < 4.78 is 32.3. The van der Waals surface area contributed by atoms with Crippen molar-refractivity contribution < 1.29 is 18.8 Å². The Labute approximate surface area is 168 Å². The van der Waals surface area contributed by atoms with Crippen LogP contribution in [0.4, 0.5) is 0 Å². The molecule has 0 aromatic heterocycles. The molecule has 0 saturated heterocycles. The summed E-state index contributed by atoms with van der Waals surface area (Å²) in [5.41, 5.74) is 1.72. The third kappa shape index (κ3) is 3.67. The van der Waals surface area contributed by atoms with Gasteiger partial charge in [-0.1, -0.05) is 39.0 Å². The maximum absolute atomic E-state index is 14.1. The van der Waals surface area contributed by atoms with E-state index in [-0.39, 0.29) is 18.6 Å². The Kier molecular flexibility index (Phi) is 5.55. The molecule has 0 amide bonds. The number of benzene rings is 2. The van der Waals surface area contributed by atoms with E-state index in [4.69, 9.17) is 14.2 Å². The topological polar surface area (TPSA) is 44.8 Å². The van der Waals surface area contributed by atoms with E-state index in [2.05, 4.69) is 0 Å².